The highest BCUT2D eigenvalue weighted by Gasteiger charge is 2.58. The molecule has 27 heavy (non-hydrogen) atoms. The molecule has 0 spiro atoms. The number of aryl methyl sites for hydroxylation is 1. The molecule has 0 amide bonds. The third-order valence-electron chi connectivity index (χ3n) is 7.20. The number of benzene rings is 1. The molecule has 3 fully saturated rings. The number of carbonyl (C=O) groups excluding carboxylic acids is 2. The summed E-state index contributed by atoms with van der Waals surface area (Å²) in [5, 5.41) is 0. The zero-order valence-corrected chi connectivity index (χ0v) is 16.4. The molecule has 6 atom stereocenters. The van der Waals surface area contributed by atoms with Gasteiger partial charge in [0.15, 0.2) is 0 Å². The van der Waals surface area contributed by atoms with Crippen LogP contribution in [0, 0.1) is 30.1 Å². The molecule has 0 radical (unpaired) electrons. The molecule has 1 unspecified atom stereocenters. The molecular formula is C23H28O4. The van der Waals surface area contributed by atoms with Gasteiger partial charge in [-0.1, -0.05) is 38.1 Å². The Hall–Kier alpha value is -2.10. The minimum Gasteiger partial charge on any atom is -0.458 e. The second kappa shape index (κ2) is 6.50. The highest BCUT2D eigenvalue weighted by molar-refractivity contribution is 5.91. The van der Waals surface area contributed by atoms with E-state index in [4.69, 9.17) is 9.47 Å². The predicted octanol–water partition coefficient (Wildman–Crippen LogP) is 4.46. The number of rotatable bonds is 2. The van der Waals surface area contributed by atoms with Crippen LogP contribution in [-0.2, 0) is 14.3 Å². The van der Waals surface area contributed by atoms with Crippen LogP contribution in [0.15, 0.2) is 36.4 Å². The summed E-state index contributed by atoms with van der Waals surface area (Å²) in [5.74, 6) is -0.0589. The summed E-state index contributed by atoms with van der Waals surface area (Å²) in [6.07, 6.45) is 3.60. The molecule has 1 saturated heterocycles. The first kappa shape index (κ1) is 18.3. The van der Waals surface area contributed by atoms with Crippen LogP contribution in [0.2, 0.25) is 0 Å². The lowest BCUT2D eigenvalue weighted by molar-refractivity contribution is -0.159. The maximum Gasteiger partial charge on any atom is 0.338 e. The Morgan fingerprint density at radius 1 is 1.30 bits per heavy atom. The van der Waals surface area contributed by atoms with E-state index in [-0.39, 0.29) is 47.3 Å². The molecule has 4 nitrogen and oxygen atoms in total. The molecule has 1 aliphatic heterocycles. The Kier molecular flexibility index (Phi) is 4.40. The maximum absolute atomic E-state index is 12.7. The van der Waals surface area contributed by atoms with Crippen LogP contribution in [0.1, 0.15) is 55.5 Å². The number of esters is 2. The van der Waals surface area contributed by atoms with E-state index >= 15 is 0 Å². The topological polar surface area (TPSA) is 52.6 Å². The molecular weight excluding hydrogens is 340 g/mol. The van der Waals surface area contributed by atoms with Crippen LogP contribution in [0.5, 0.6) is 0 Å². The van der Waals surface area contributed by atoms with E-state index in [0.29, 0.717) is 11.1 Å². The van der Waals surface area contributed by atoms with Gasteiger partial charge in [0.25, 0.3) is 0 Å². The second-order valence-electron chi connectivity index (χ2n) is 8.93. The summed E-state index contributed by atoms with van der Waals surface area (Å²) in [6.45, 7) is 10.4. The van der Waals surface area contributed by atoms with Crippen LogP contribution in [0.25, 0.3) is 0 Å². The summed E-state index contributed by atoms with van der Waals surface area (Å²) in [5.41, 5.74) is 2.38. The van der Waals surface area contributed by atoms with Crippen LogP contribution in [0.4, 0.5) is 0 Å². The van der Waals surface area contributed by atoms with Gasteiger partial charge in [0, 0.05) is 23.3 Å². The normalized spacial score (nSPS) is 38.0. The molecule has 0 bridgehead atoms. The Morgan fingerprint density at radius 2 is 2.04 bits per heavy atom. The first-order valence-corrected chi connectivity index (χ1v) is 9.97. The molecule has 3 aliphatic rings. The Morgan fingerprint density at radius 3 is 2.78 bits per heavy atom. The monoisotopic (exact) mass is 368 g/mol. The van der Waals surface area contributed by atoms with E-state index in [1.165, 1.54) is 0 Å². The summed E-state index contributed by atoms with van der Waals surface area (Å²) in [6, 6.07) is 7.50. The fourth-order valence-corrected chi connectivity index (χ4v) is 5.68. The van der Waals surface area contributed by atoms with Gasteiger partial charge in [0.05, 0.1) is 5.56 Å². The Balaban J connectivity index is 1.55. The minimum atomic E-state index is -0.265. The van der Waals surface area contributed by atoms with E-state index in [1.807, 2.05) is 25.1 Å². The van der Waals surface area contributed by atoms with Crippen LogP contribution in [0.3, 0.4) is 0 Å². The smallest absolute Gasteiger partial charge is 0.338 e. The average Bonchev–Trinajstić information content (AvgIpc) is 2.91. The van der Waals surface area contributed by atoms with Gasteiger partial charge in [0.2, 0.25) is 0 Å². The van der Waals surface area contributed by atoms with Crippen molar-refractivity contribution in [3.05, 3.63) is 47.5 Å². The lowest BCUT2D eigenvalue weighted by Gasteiger charge is -2.54. The van der Waals surface area contributed by atoms with E-state index in [0.717, 1.165) is 31.2 Å². The lowest BCUT2D eigenvalue weighted by atomic mass is 9.53. The van der Waals surface area contributed by atoms with E-state index in [2.05, 4.69) is 20.4 Å². The third-order valence-corrected chi connectivity index (χ3v) is 7.20. The Bertz CT molecular complexity index is 797. The van der Waals surface area contributed by atoms with Crippen molar-refractivity contribution in [3.63, 3.8) is 0 Å². The molecule has 144 valence electrons. The molecule has 4 rings (SSSR count). The first-order chi connectivity index (χ1) is 12.8. The number of ether oxygens (including phenoxy) is 2. The minimum absolute atomic E-state index is 0.115. The summed E-state index contributed by atoms with van der Waals surface area (Å²) in [7, 11) is 0. The highest BCUT2D eigenvalue weighted by Crippen LogP contribution is 2.58. The quantitative estimate of drug-likeness (QED) is 0.571. The van der Waals surface area contributed by atoms with E-state index < -0.39 is 0 Å². The molecule has 0 aromatic heterocycles. The molecule has 2 aliphatic carbocycles. The zero-order valence-electron chi connectivity index (χ0n) is 16.4. The molecule has 0 N–H and O–H groups in total. The summed E-state index contributed by atoms with van der Waals surface area (Å²) >= 11 is 0. The van der Waals surface area contributed by atoms with Gasteiger partial charge >= 0.3 is 11.9 Å². The van der Waals surface area contributed by atoms with Crippen molar-refractivity contribution < 1.29 is 19.1 Å². The van der Waals surface area contributed by atoms with E-state index in [1.54, 1.807) is 6.07 Å². The van der Waals surface area contributed by atoms with Crippen molar-refractivity contribution in [2.45, 2.75) is 58.7 Å². The van der Waals surface area contributed by atoms with Gasteiger partial charge in [0.1, 0.15) is 12.2 Å². The van der Waals surface area contributed by atoms with Crippen molar-refractivity contribution in [1.82, 2.24) is 0 Å². The van der Waals surface area contributed by atoms with Gasteiger partial charge in [-0.15, -0.1) is 0 Å². The van der Waals surface area contributed by atoms with Crippen molar-refractivity contribution in [1.29, 1.82) is 0 Å². The number of hydrogen-bond acceptors (Lipinski definition) is 4. The second-order valence-corrected chi connectivity index (χ2v) is 8.93. The van der Waals surface area contributed by atoms with Crippen LogP contribution >= 0.6 is 0 Å². The van der Waals surface area contributed by atoms with Crippen molar-refractivity contribution in [3.8, 4) is 0 Å². The highest BCUT2D eigenvalue weighted by atomic mass is 16.6. The summed E-state index contributed by atoms with van der Waals surface area (Å²) < 4.78 is 11.7. The fourth-order valence-electron chi connectivity index (χ4n) is 5.68. The molecule has 2 saturated carbocycles. The average molecular weight is 368 g/mol. The number of carbonyl (C=O) groups is 2. The Labute approximate surface area is 160 Å². The molecule has 1 heterocycles. The van der Waals surface area contributed by atoms with Gasteiger partial charge in [-0.2, -0.15) is 0 Å². The van der Waals surface area contributed by atoms with Gasteiger partial charge < -0.3 is 9.47 Å². The van der Waals surface area contributed by atoms with E-state index in [9.17, 15) is 9.59 Å². The van der Waals surface area contributed by atoms with Crippen molar-refractivity contribution in [2.75, 3.05) is 0 Å². The zero-order chi connectivity index (χ0) is 19.3. The largest absolute Gasteiger partial charge is 0.458 e. The van der Waals surface area contributed by atoms with Gasteiger partial charge in [-0.3, -0.25) is 0 Å². The lowest BCUT2D eigenvalue weighted by Crippen LogP contribution is -2.53. The van der Waals surface area contributed by atoms with Crippen molar-refractivity contribution >= 4 is 11.9 Å². The van der Waals surface area contributed by atoms with Crippen molar-refractivity contribution in [2.24, 2.45) is 23.2 Å². The summed E-state index contributed by atoms with van der Waals surface area (Å²) in [4.78, 5) is 24.8. The SMILES string of the molecule is C=C1C(=O)O[C@@H]2C3[C@@H](C)[C@@H](OC(=O)c4cccc(C)c4)CC[C@]3(C)CC[C@@H]12. The molecule has 4 heteroatoms. The van der Waals surface area contributed by atoms with Gasteiger partial charge in [-0.25, -0.2) is 9.59 Å². The van der Waals surface area contributed by atoms with Crippen LogP contribution in [-0.4, -0.2) is 24.1 Å². The molecule has 1 aromatic carbocycles. The first-order valence-electron chi connectivity index (χ1n) is 9.97. The van der Waals surface area contributed by atoms with Crippen LogP contribution < -0.4 is 0 Å². The fraction of sp³-hybridized carbons (Fsp3) is 0.565. The number of hydrogen-bond donors (Lipinski definition) is 0. The number of fused-ring (bicyclic) bond motifs is 3. The maximum atomic E-state index is 12.7. The standard InChI is InChI=1S/C23H28O4/c1-13-6-5-7-16(12-13)22(25)26-18-9-11-23(4)10-8-17-14(2)21(24)27-20(17)19(23)15(18)3/h5-7,12,15,17-20H,2,8-11H2,1,3-4H3/t15-,17-,18-,19?,20-,23-/m0/s1. The third kappa shape index (κ3) is 2.99. The predicted molar refractivity (Wildman–Crippen MR) is 102 cm³/mol. The molecule has 1 aromatic rings. The van der Waals surface area contributed by atoms with Gasteiger partial charge in [-0.05, 0) is 50.2 Å².